The lowest BCUT2D eigenvalue weighted by atomic mass is 10.1. The lowest BCUT2D eigenvalue weighted by Gasteiger charge is -2.11. The van der Waals surface area contributed by atoms with Crippen LogP contribution in [0, 0.1) is 0 Å². The van der Waals surface area contributed by atoms with Gasteiger partial charge in [-0.3, -0.25) is 4.79 Å². The fourth-order valence-electron chi connectivity index (χ4n) is 1.64. The van der Waals surface area contributed by atoms with Crippen molar-refractivity contribution in [2.24, 2.45) is 0 Å². The molecule has 0 radical (unpaired) electrons. The van der Waals surface area contributed by atoms with Crippen molar-refractivity contribution in [1.82, 2.24) is 5.32 Å². The van der Waals surface area contributed by atoms with E-state index in [2.05, 4.69) is 12.2 Å². The standard InChI is InChI=1S/C15H19NO4/c1-2-11-3-5-12(6-4-11)7-8-14(18)16-13(9-10-17)15(19)20/h3-8,13,17H,2,9-10H2,1H3,(H,16,18)(H,19,20)/b8-7+/t13-/m0/s1. The zero-order chi connectivity index (χ0) is 15.0. The van der Waals surface area contributed by atoms with Crippen molar-refractivity contribution >= 4 is 18.0 Å². The fraction of sp³-hybridized carbons (Fsp3) is 0.333. The van der Waals surface area contributed by atoms with Gasteiger partial charge in [0.15, 0.2) is 0 Å². The van der Waals surface area contributed by atoms with Crippen LogP contribution in [-0.4, -0.2) is 34.7 Å². The summed E-state index contributed by atoms with van der Waals surface area (Å²) < 4.78 is 0. The van der Waals surface area contributed by atoms with E-state index in [0.717, 1.165) is 12.0 Å². The molecule has 0 heterocycles. The van der Waals surface area contributed by atoms with E-state index >= 15 is 0 Å². The highest BCUT2D eigenvalue weighted by atomic mass is 16.4. The van der Waals surface area contributed by atoms with Gasteiger partial charge in [0.05, 0.1) is 0 Å². The second-order valence-electron chi connectivity index (χ2n) is 4.34. The summed E-state index contributed by atoms with van der Waals surface area (Å²) in [6.07, 6.45) is 3.84. The first-order valence-corrected chi connectivity index (χ1v) is 6.48. The van der Waals surface area contributed by atoms with Crippen LogP contribution in [0.2, 0.25) is 0 Å². The molecule has 5 heteroatoms. The first-order chi connectivity index (χ1) is 9.56. The first-order valence-electron chi connectivity index (χ1n) is 6.48. The Balaban J connectivity index is 2.59. The van der Waals surface area contributed by atoms with Crippen LogP contribution in [0.3, 0.4) is 0 Å². The summed E-state index contributed by atoms with van der Waals surface area (Å²) >= 11 is 0. The number of carbonyl (C=O) groups is 2. The summed E-state index contributed by atoms with van der Waals surface area (Å²) in [5, 5.41) is 19.9. The summed E-state index contributed by atoms with van der Waals surface area (Å²) in [7, 11) is 0. The van der Waals surface area contributed by atoms with Crippen LogP contribution in [0.4, 0.5) is 0 Å². The topological polar surface area (TPSA) is 86.6 Å². The Bertz CT molecular complexity index is 479. The number of amides is 1. The van der Waals surface area contributed by atoms with Crippen molar-refractivity contribution in [1.29, 1.82) is 0 Å². The van der Waals surface area contributed by atoms with Crippen molar-refractivity contribution in [3.05, 3.63) is 41.5 Å². The lowest BCUT2D eigenvalue weighted by Crippen LogP contribution is -2.40. The number of hydrogen-bond donors (Lipinski definition) is 3. The highest BCUT2D eigenvalue weighted by Crippen LogP contribution is 2.06. The van der Waals surface area contributed by atoms with Crippen LogP contribution in [0.1, 0.15) is 24.5 Å². The maximum absolute atomic E-state index is 11.6. The van der Waals surface area contributed by atoms with E-state index in [1.165, 1.54) is 11.6 Å². The van der Waals surface area contributed by atoms with Gasteiger partial charge in [0.1, 0.15) is 6.04 Å². The largest absolute Gasteiger partial charge is 0.480 e. The minimum Gasteiger partial charge on any atom is -0.480 e. The number of aryl methyl sites for hydroxylation is 1. The Kier molecular flexibility index (Phi) is 6.46. The van der Waals surface area contributed by atoms with E-state index in [4.69, 9.17) is 10.2 Å². The fourth-order valence-corrected chi connectivity index (χ4v) is 1.64. The Hall–Kier alpha value is -2.14. The molecule has 0 saturated carbocycles. The molecular formula is C15H19NO4. The molecule has 108 valence electrons. The molecule has 1 rings (SSSR count). The van der Waals surface area contributed by atoms with E-state index in [1.54, 1.807) is 6.08 Å². The van der Waals surface area contributed by atoms with Crippen LogP contribution < -0.4 is 5.32 Å². The molecule has 0 aliphatic carbocycles. The molecule has 0 unspecified atom stereocenters. The zero-order valence-corrected chi connectivity index (χ0v) is 11.4. The minimum atomic E-state index is -1.16. The number of aliphatic hydroxyl groups excluding tert-OH is 1. The molecule has 0 fully saturated rings. The molecule has 0 spiro atoms. The van der Waals surface area contributed by atoms with Gasteiger partial charge >= 0.3 is 5.97 Å². The van der Waals surface area contributed by atoms with Crippen molar-refractivity contribution < 1.29 is 19.8 Å². The van der Waals surface area contributed by atoms with E-state index in [-0.39, 0.29) is 13.0 Å². The van der Waals surface area contributed by atoms with Gasteiger partial charge in [-0.1, -0.05) is 31.2 Å². The van der Waals surface area contributed by atoms with Gasteiger partial charge in [-0.15, -0.1) is 0 Å². The number of carboxylic acid groups (broad SMARTS) is 1. The van der Waals surface area contributed by atoms with E-state index in [1.807, 2.05) is 24.3 Å². The molecule has 1 aromatic rings. The molecule has 1 aromatic carbocycles. The maximum atomic E-state index is 11.6. The number of aliphatic hydroxyl groups is 1. The second kappa shape index (κ2) is 8.12. The molecule has 0 aromatic heterocycles. The van der Waals surface area contributed by atoms with Crippen molar-refractivity contribution in [3.8, 4) is 0 Å². The van der Waals surface area contributed by atoms with Crippen molar-refractivity contribution in [3.63, 3.8) is 0 Å². The van der Waals surface area contributed by atoms with Gasteiger partial charge in [0.2, 0.25) is 5.91 Å². The molecule has 3 N–H and O–H groups in total. The lowest BCUT2D eigenvalue weighted by molar-refractivity contribution is -0.141. The van der Waals surface area contributed by atoms with Gasteiger partial charge in [0.25, 0.3) is 0 Å². The first kappa shape index (κ1) is 15.9. The Labute approximate surface area is 117 Å². The third-order valence-electron chi connectivity index (χ3n) is 2.85. The normalized spacial score (nSPS) is 12.3. The number of carboxylic acids is 1. The van der Waals surface area contributed by atoms with Gasteiger partial charge in [-0.2, -0.15) is 0 Å². The quantitative estimate of drug-likeness (QED) is 0.654. The van der Waals surface area contributed by atoms with Crippen LogP contribution in [0.15, 0.2) is 30.3 Å². The highest BCUT2D eigenvalue weighted by molar-refractivity contribution is 5.94. The molecular weight excluding hydrogens is 258 g/mol. The van der Waals surface area contributed by atoms with Crippen LogP contribution in [-0.2, 0) is 16.0 Å². The third kappa shape index (κ3) is 5.24. The van der Waals surface area contributed by atoms with Gasteiger partial charge < -0.3 is 15.5 Å². The maximum Gasteiger partial charge on any atom is 0.326 e. The van der Waals surface area contributed by atoms with Gasteiger partial charge in [-0.05, 0) is 23.6 Å². The Morgan fingerprint density at radius 2 is 1.95 bits per heavy atom. The monoisotopic (exact) mass is 277 g/mol. The van der Waals surface area contributed by atoms with E-state index < -0.39 is 17.9 Å². The predicted molar refractivity (Wildman–Crippen MR) is 76.1 cm³/mol. The molecule has 1 atom stereocenters. The van der Waals surface area contributed by atoms with Crippen LogP contribution in [0.25, 0.3) is 6.08 Å². The summed E-state index contributed by atoms with van der Waals surface area (Å²) in [6, 6.07) is 6.67. The molecule has 1 amide bonds. The summed E-state index contributed by atoms with van der Waals surface area (Å²) in [5.41, 5.74) is 2.08. The number of aliphatic carboxylic acids is 1. The average Bonchev–Trinajstić information content (AvgIpc) is 2.45. The third-order valence-corrected chi connectivity index (χ3v) is 2.85. The van der Waals surface area contributed by atoms with Gasteiger partial charge in [-0.25, -0.2) is 4.79 Å². The average molecular weight is 277 g/mol. The number of carbonyl (C=O) groups excluding carboxylic acids is 1. The van der Waals surface area contributed by atoms with E-state index in [0.29, 0.717) is 0 Å². The smallest absolute Gasteiger partial charge is 0.326 e. The van der Waals surface area contributed by atoms with E-state index in [9.17, 15) is 9.59 Å². The summed E-state index contributed by atoms with van der Waals surface area (Å²) in [6.45, 7) is 1.77. The second-order valence-corrected chi connectivity index (χ2v) is 4.34. The van der Waals surface area contributed by atoms with Crippen LogP contribution in [0.5, 0.6) is 0 Å². The van der Waals surface area contributed by atoms with Crippen molar-refractivity contribution in [2.45, 2.75) is 25.8 Å². The number of benzene rings is 1. The predicted octanol–water partition coefficient (Wildman–Crippen LogP) is 1.21. The van der Waals surface area contributed by atoms with Crippen LogP contribution >= 0.6 is 0 Å². The highest BCUT2D eigenvalue weighted by Gasteiger charge is 2.17. The summed E-state index contributed by atoms with van der Waals surface area (Å²) in [4.78, 5) is 22.4. The molecule has 5 nitrogen and oxygen atoms in total. The molecule has 0 aliphatic heterocycles. The molecule has 0 saturated heterocycles. The molecule has 0 aliphatic rings. The number of nitrogens with one attached hydrogen (secondary N) is 1. The van der Waals surface area contributed by atoms with Crippen molar-refractivity contribution in [2.75, 3.05) is 6.61 Å². The molecule has 20 heavy (non-hydrogen) atoms. The Morgan fingerprint density at radius 1 is 1.30 bits per heavy atom. The van der Waals surface area contributed by atoms with Gasteiger partial charge in [0, 0.05) is 19.1 Å². The Morgan fingerprint density at radius 3 is 2.45 bits per heavy atom. The number of rotatable bonds is 7. The summed E-state index contributed by atoms with van der Waals surface area (Å²) in [5.74, 6) is -1.65. The zero-order valence-electron chi connectivity index (χ0n) is 11.4. The number of hydrogen-bond acceptors (Lipinski definition) is 3. The SMILES string of the molecule is CCc1ccc(/C=C/C(=O)N[C@@H](CCO)C(=O)O)cc1. The molecule has 0 bridgehead atoms. The minimum absolute atomic E-state index is 0.0138.